The van der Waals surface area contributed by atoms with Gasteiger partial charge in [-0.15, -0.1) is 0 Å². The van der Waals surface area contributed by atoms with E-state index in [0.717, 1.165) is 11.4 Å². The van der Waals surface area contributed by atoms with E-state index in [2.05, 4.69) is 20.1 Å². The van der Waals surface area contributed by atoms with Crippen molar-refractivity contribution < 1.29 is 13.0 Å². The van der Waals surface area contributed by atoms with Crippen LogP contribution in [0.15, 0.2) is 35.5 Å². The third kappa shape index (κ3) is 3.67. The lowest BCUT2D eigenvalue weighted by Crippen LogP contribution is -2.60. The van der Waals surface area contributed by atoms with Crippen molar-refractivity contribution in [2.75, 3.05) is 13.1 Å². The van der Waals surface area contributed by atoms with Crippen molar-refractivity contribution in [3.05, 3.63) is 42.0 Å². The Morgan fingerprint density at radius 1 is 1.19 bits per heavy atom. The first-order valence-electron chi connectivity index (χ1n) is 9.01. The summed E-state index contributed by atoms with van der Waals surface area (Å²) < 4.78 is 31.7. The summed E-state index contributed by atoms with van der Waals surface area (Å²) in [7, 11) is -4.02. The van der Waals surface area contributed by atoms with Crippen LogP contribution in [0.25, 0.3) is 0 Å². The van der Waals surface area contributed by atoms with Gasteiger partial charge in [0.15, 0.2) is 5.82 Å². The Kier molecular flexibility index (Phi) is 4.37. The van der Waals surface area contributed by atoms with Crippen LogP contribution in [0.5, 0.6) is 0 Å². The number of hydrogen-bond donors (Lipinski definition) is 2. The van der Waals surface area contributed by atoms with Crippen LogP contribution in [-0.4, -0.2) is 40.8 Å². The molecule has 5 rings (SSSR count). The van der Waals surface area contributed by atoms with E-state index in [4.69, 9.17) is 4.55 Å². The highest BCUT2D eigenvalue weighted by Gasteiger charge is 2.49. The molecule has 2 aromatic rings. The number of nitrogens with zero attached hydrogens (tertiary/aromatic N) is 3. The molecule has 140 valence electrons. The Hall–Kier alpha value is -1.77. The summed E-state index contributed by atoms with van der Waals surface area (Å²) in [5.41, 5.74) is 1.59. The minimum absolute atomic E-state index is 0.0666. The van der Waals surface area contributed by atoms with Crippen LogP contribution in [0.2, 0.25) is 0 Å². The predicted molar refractivity (Wildman–Crippen MR) is 96.6 cm³/mol. The average Bonchev–Trinajstić information content (AvgIpc) is 3.24. The topological polar surface area (TPSA) is 97.1 Å². The average molecular weight is 376 g/mol. The van der Waals surface area contributed by atoms with Gasteiger partial charge in [0.2, 0.25) is 0 Å². The minimum Gasteiger partial charge on any atom is -0.316 e. The Morgan fingerprint density at radius 3 is 2.35 bits per heavy atom. The van der Waals surface area contributed by atoms with Crippen molar-refractivity contribution in [1.29, 1.82) is 0 Å². The lowest BCUT2D eigenvalue weighted by molar-refractivity contribution is 0.00209. The van der Waals surface area contributed by atoms with E-state index in [1.54, 1.807) is 12.1 Å². The highest BCUT2D eigenvalue weighted by atomic mass is 32.2. The number of aromatic nitrogens is 3. The fraction of sp³-hybridized carbons (Fsp3) is 0.556. The number of rotatable bonds is 3. The second-order valence-corrected chi connectivity index (χ2v) is 9.23. The summed E-state index contributed by atoms with van der Waals surface area (Å²) >= 11 is 0. The molecule has 8 heteroatoms. The monoisotopic (exact) mass is 376 g/mol. The molecule has 0 radical (unpaired) electrons. The first kappa shape index (κ1) is 17.6. The van der Waals surface area contributed by atoms with E-state index in [0.29, 0.717) is 17.4 Å². The lowest BCUT2D eigenvalue weighted by Gasteiger charge is -2.54. The van der Waals surface area contributed by atoms with Crippen molar-refractivity contribution in [1.82, 2.24) is 20.1 Å². The zero-order chi connectivity index (χ0) is 18.4. The Morgan fingerprint density at radius 2 is 1.85 bits per heavy atom. The second-order valence-electron chi connectivity index (χ2n) is 7.81. The fourth-order valence-electron chi connectivity index (χ4n) is 3.60. The molecular formula is C18H24N4O3S. The highest BCUT2D eigenvalue weighted by molar-refractivity contribution is 7.85. The van der Waals surface area contributed by atoms with Crippen LogP contribution in [-0.2, 0) is 10.1 Å². The van der Waals surface area contributed by atoms with E-state index in [9.17, 15) is 8.42 Å². The normalized spacial score (nSPS) is 21.5. The number of aryl methyl sites for hydroxylation is 1. The van der Waals surface area contributed by atoms with Crippen molar-refractivity contribution in [3.8, 4) is 0 Å². The van der Waals surface area contributed by atoms with E-state index < -0.39 is 10.1 Å². The Bertz CT molecular complexity index is 875. The molecule has 0 bridgehead atoms. The number of benzene rings is 1. The molecule has 7 nitrogen and oxygen atoms in total. The summed E-state index contributed by atoms with van der Waals surface area (Å²) in [5.74, 6) is 1.77. The summed E-state index contributed by atoms with van der Waals surface area (Å²) in [6.45, 7) is 4.27. The van der Waals surface area contributed by atoms with E-state index in [-0.39, 0.29) is 4.90 Å². The molecule has 3 aliphatic rings. The van der Waals surface area contributed by atoms with Crippen LogP contribution >= 0.6 is 0 Å². The first-order valence-corrected chi connectivity index (χ1v) is 10.4. The van der Waals surface area contributed by atoms with Gasteiger partial charge in [0.1, 0.15) is 6.33 Å². The molecule has 1 aromatic carbocycles. The quantitative estimate of drug-likeness (QED) is 0.798. The van der Waals surface area contributed by atoms with Gasteiger partial charge in [-0.25, -0.2) is 9.67 Å². The molecule has 2 saturated carbocycles. The molecular weight excluding hydrogens is 352 g/mol. The lowest BCUT2D eigenvalue weighted by atomic mass is 9.62. The molecule has 0 amide bonds. The maximum Gasteiger partial charge on any atom is 0.294 e. The SMILES string of the molecule is Cc1ccc(S(=O)(=O)O)cc1.c1nc(C2CC2)nn1C1CC2(CNC2)C1. The summed E-state index contributed by atoms with van der Waals surface area (Å²) in [6.07, 6.45) is 7.13. The van der Waals surface area contributed by atoms with Gasteiger partial charge in [-0.1, -0.05) is 17.7 Å². The molecule has 2 heterocycles. The van der Waals surface area contributed by atoms with Crippen molar-refractivity contribution >= 4 is 10.1 Å². The molecule has 26 heavy (non-hydrogen) atoms. The predicted octanol–water partition coefficient (Wildman–Crippen LogP) is 2.32. The standard InChI is InChI=1S/C11H16N4.C7H8O3S/c1-2-8(1)10-13-7-15(14-10)9-3-11(4-9)5-12-6-11;1-6-2-4-7(5-3-6)11(8,9)10/h7-9,12H,1-6H2;2-5H,1H3,(H,8,9,10). The molecule has 3 fully saturated rings. The van der Waals surface area contributed by atoms with Gasteiger partial charge in [-0.3, -0.25) is 4.55 Å². The second kappa shape index (κ2) is 6.44. The van der Waals surface area contributed by atoms with Crippen LogP contribution in [0.3, 0.4) is 0 Å². The number of hydrogen-bond acceptors (Lipinski definition) is 5. The van der Waals surface area contributed by atoms with Crippen LogP contribution in [0, 0.1) is 12.3 Å². The highest BCUT2D eigenvalue weighted by Crippen LogP contribution is 2.50. The van der Waals surface area contributed by atoms with Crippen LogP contribution < -0.4 is 5.32 Å². The van der Waals surface area contributed by atoms with Gasteiger partial charge >= 0.3 is 0 Å². The molecule has 1 aromatic heterocycles. The van der Waals surface area contributed by atoms with Gasteiger partial charge in [-0.05, 0) is 50.2 Å². The summed E-state index contributed by atoms with van der Waals surface area (Å²) in [5, 5.41) is 7.97. The smallest absolute Gasteiger partial charge is 0.294 e. The molecule has 1 aliphatic heterocycles. The molecule has 0 atom stereocenters. The summed E-state index contributed by atoms with van der Waals surface area (Å²) in [4.78, 5) is 4.34. The van der Waals surface area contributed by atoms with Crippen molar-refractivity contribution in [3.63, 3.8) is 0 Å². The largest absolute Gasteiger partial charge is 0.316 e. The first-order chi connectivity index (χ1) is 12.3. The fourth-order valence-corrected chi connectivity index (χ4v) is 4.08. The molecule has 1 spiro atoms. The van der Waals surface area contributed by atoms with E-state index in [1.807, 2.05) is 13.3 Å². The number of nitrogens with one attached hydrogen (secondary N) is 1. The summed E-state index contributed by atoms with van der Waals surface area (Å²) in [6, 6.07) is 6.62. The third-order valence-electron chi connectivity index (χ3n) is 5.50. The zero-order valence-corrected chi connectivity index (χ0v) is 15.6. The van der Waals surface area contributed by atoms with Crippen molar-refractivity contribution in [2.45, 2.75) is 49.5 Å². The van der Waals surface area contributed by atoms with Gasteiger partial charge in [0, 0.05) is 19.0 Å². The third-order valence-corrected chi connectivity index (χ3v) is 6.37. The van der Waals surface area contributed by atoms with Crippen LogP contribution in [0.1, 0.15) is 49.0 Å². The molecule has 2 N–H and O–H groups in total. The van der Waals surface area contributed by atoms with Gasteiger partial charge in [-0.2, -0.15) is 13.5 Å². The van der Waals surface area contributed by atoms with Crippen LogP contribution in [0.4, 0.5) is 0 Å². The Labute approximate surface area is 153 Å². The molecule has 2 aliphatic carbocycles. The van der Waals surface area contributed by atoms with Gasteiger partial charge in [0.05, 0.1) is 10.9 Å². The molecule has 0 unspecified atom stereocenters. The van der Waals surface area contributed by atoms with E-state index >= 15 is 0 Å². The maximum atomic E-state index is 10.5. The minimum atomic E-state index is -4.02. The van der Waals surface area contributed by atoms with E-state index in [1.165, 1.54) is 50.9 Å². The van der Waals surface area contributed by atoms with Gasteiger partial charge in [0.25, 0.3) is 10.1 Å². The maximum absolute atomic E-state index is 10.5. The van der Waals surface area contributed by atoms with Gasteiger partial charge < -0.3 is 5.32 Å². The van der Waals surface area contributed by atoms with Crippen molar-refractivity contribution in [2.24, 2.45) is 5.41 Å². The molecule has 1 saturated heterocycles. The Balaban J connectivity index is 0.000000137. The zero-order valence-electron chi connectivity index (χ0n) is 14.8.